The van der Waals surface area contributed by atoms with Gasteiger partial charge in [0.2, 0.25) is 0 Å². The Hall–Kier alpha value is -2.39. The van der Waals surface area contributed by atoms with Crippen LogP contribution in [0.3, 0.4) is 0 Å². The minimum absolute atomic E-state index is 0.0667. The Labute approximate surface area is 122 Å². The highest BCUT2D eigenvalue weighted by Gasteiger charge is 2.12. The van der Waals surface area contributed by atoms with E-state index in [1.807, 2.05) is 6.07 Å². The van der Waals surface area contributed by atoms with Gasteiger partial charge in [-0.05, 0) is 29.8 Å². The molecule has 0 radical (unpaired) electrons. The standard InChI is InChI=1S/C15H13FN2O2S/c1-21(19,20)14-8-6-12(7-9-14)11-18(16)15-5-3-2-4-13(15)10-17/h2-9H,11H2,1H3. The molecule has 108 valence electrons. The van der Waals surface area contributed by atoms with Crippen LogP contribution >= 0.6 is 0 Å². The summed E-state index contributed by atoms with van der Waals surface area (Å²) in [6, 6.07) is 14.3. The number of nitriles is 1. The van der Waals surface area contributed by atoms with Gasteiger partial charge in [0.1, 0.15) is 6.07 Å². The Balaban J connectivity index is 2.20. The molecule has 21 heavy (non-hydrogen) atoms. The second-order valence-corrected chi connectivity index (χ2v) is 6.58. The first-order valence-corrected chi connectivity index (χ1v) is 8.02. The van der Waals surface area contributed by atoms with Crippen molar-refractivity contribution >= 4 is 15.5 Å². The molecule has 0 aromatic heterocycles. The lowest BCUT2D eigenvalue weighted by Gasteiger charge is -2.15. The zero-order chi connectivity index (χ0) is 15.5. The normalized spacial score (nSPS) is 10.9. The zero-order valence-corrected chi connectivity index (χ0v) is 12.1. The van der Waals surface area contributed by atoms with Gasteiger partial charge in [-0.1, -0.05) is 28.7 Å². The molecule has 2 aromatic carbocycles. The lowest BCUT2D eigenvalue weighted by molar-refractivity contribution is 0.429. The van der Waals surface area contributed by atoms with Gasteiger partial charge in [-0.2, -0.15) is 5.26 Å². The minimum atomic E-state index is -3.26. The van der Waals surface area contributed by atoms with Gasteiger partial charge in [-0.25, -0.2) is 13.5 Å². The predicted molar refractivity (Wildman–Crippen MR) is 78.0 cm³/mol. The number of rotatable bonds is 4. The molecule has 0 bridgehead atoms. The van der Waals surface area contributed by atoms with E-state index in [1.54, 1.807) is 24.3 Å². The van der Waals surface area contributed by atoms with E-state index in [1.165, 1.54) is 24.3 Å². The van der Waals surface area contributed by atoms with Crippen LogP contribution < -0.4 is 5.12 Å². The van der Waals surface area contributed by atoms with Crippen molar-refractivity contribution in [1.29, 1.82) is 5.26 Å². The van der Waals surface area contributed by atoms with Crippen LogP contribution in [-0.2, 0) is 16.4 Å². The summed E-state index contributed by atoms with van der Waals surface area (Å²) >= 11 is 0. The van der Waals surface area contributed by atoms with Crippen LogP contribution in [0.5, 0.6) is 0 Å². The summed E-state index contributed by atoms with van der Waals surface area (Å²) in [6.45, 7) is -0.0667. The van der Waals surface area contributed by atoms with Gasteiger partial charge in [0, 0.05) is 6.26 Å². The summed E-state index contributed by atoms with van der Waals surface area (Å²) < 4.78 is 36.9. The van der Waals surface area contributed by atoms with Crippen molar-refractivity contribution in [2.75, 3.05) is 11.4 Å². The highest BCUT2D eigenvalue weighted by atomic mass is 32.2. The van der Waals surface area contributed by atoms with E-state index >= 15 is 0 Å². The van der Waals surface area contributed by atoms with Crippen molar-refractivity contribution in [1.82, 2.24) is 0 Å². The van der Waals surface area contributed by atoms with E-state index in [9.17, 15) is 12.9 Å². The summed E-state index contributed by atoms with van der Waals surface area (Å²) in [5.41, 5.74) is 1.04. The van der Waals surface area contributed by atoms with Crippen LogP contribution in [0.4, 0.5) is 10.2 Å². The highest BCUT2D eigenvalue weighted by Crippen LogP contribution is 2.22. The number of hydrogen-bond acceptors (Lipinski definition) is 4. The molecule has 0 aliphatic carbocycles. The average molecular weight is 304 g/mol. The fourth-order valence-electron chi connectivity index (χ4n) is 1.87. The first-order chi connectivity index (χ1) is 9.91. The maximum atomic E-state index is 14.2. The highest BCUT2D eigenvalue weighted by molar-refractivity contribution is 7.90. The largest absolute Gasteiger partial charge is 0.224 e. The molecule has 0 fully saturated rings. The Morgan fingerprint density at radius 3 is 2.33 bits per heavy atom. The molecule has 4 nitrogen and oxygen atoms in total. The van der Waals surface area contributed by atoms with Crippen molar-refractivity contribution in [3.8, 4) is 6.07 Å². The fraction of sp³-hybridized carbons (Fsp3) is 0.133. The van der Waals surface area contributed by atoms with E-state index in [0.29, 0.717) is 10.7 Å². The van der Waals surface area contributed by atoms with Gasteiger partial charge in [-0.3, -0.25) is 0 Å². The summed E-state index contributed by atoms with van der Waals surface area (Å²) in [7, 11) is -3.26. The van der Waals surface area contributed by atoms with Crippen molar-refractivity contribution in [2.24, 2.45) is 0 Å². The van der Waals surface area contributed by atoms with E-state index in [2.05, 4.69) is 0 Å². The Bertz CT molecular complexity index is 780. The molecule has 6 heteroatoms. The van der Waals surface area contributed by atoms with Gasteiger partial charge in [0.15, 0.2) is 9.84 Å². The minimum Gasteiger partial charge on any atom is -0.224 e. The molecular weight excluding hydrogens is 291 g/mol. The lowest BCUT2D eigenvalue weighted by atomic mass is 10.1. The molecule has 0 heterocycles. The first-order valence-electron chi connectivity index (χ1n) is 6.13. The monoisotopic (exact) mass is 304 g/mol. The molecule has 0 atom stereocenters. The van der Waals surface area contributed by atoms with Crippen LogP contribution in [0.15, 0.2) is 53.4 Å². The maximum Gasteiger partial charge on any atom is 0.175 e. The van der Waals surface area contributed by atoms with Gasteiger partial charge in [0.05, 0.1) is 22.7 Å². The smallest absolute Gasteiger partial charge is 0.175 e. The third kappa shape index (κ3) is 3.58. The fourth-order valence-corrected chi connectivity index (χ4v) is 2.50. The number of hydrogen-bond donors (Lipinski definition) is 0. The average Bonchev–Trinajstić information content (AvgIpc) is 2.46. The van der Waals surface area contributed by atoms with E-state index < -0.39 is 9.84 Å². The number of para-hydroxylation sites is 1. The van der Waals surface area contributed by atoms with Crippen LogP contribution in [0.25, 0.3) is 0 Å². The quantitative estimate of drug-likeness (QED) is 0.815. The van der Waals surface area contributed by atoms with Crippen LogP contribution in [0, 0.1) is 11.3 Å². The number of halogens is 1. The molecule has 0 saturated heterocycles. The first kappa shape index (κ1) is 15.0. The Kier molecular flexibility index (Phi) is 4.24. The summed E-state index contributed by atoms with van der Waals surface area (Å²) in [5, 5.41) is 9.42. The molecular formula is C15H13FN2O2S. The van der Waals surface area contributed by atoms with Crippen LogP contribution in [0.1, 0.15) is 11.1 Å². The second-order valence-electron chi connectivity index (χ2n) is 4.57. The SMILES string of the molecule is CS(=O)(=O)c1ccc(CN(F)c2ccccc2C#N)cc1. The van der Waals surface area contributed by atoms with Crippen molar-refractivity contribution in [2.45, 2.75) is 11.4 Å². The van der Waals surface area contributed by atoms with Crippen LogP contribution in [0.2, 0.25) is 0 Å². The Morgan fingerprint density at radius 2 is 1.76 bits per heavy atom. The summed E-state index contributed by atoms with van der Waals surface area (Å²) in [4.78, 5) is 0.189. The molecule has 0 aliphatic rings. The predicted octanol–water partition coefficient (Wildman–Crippen LogP) is 2.85. The Morgan fingerprint density at radius 1 is 1.14 bits per heavy atom. The summed E-state index contributed by atoms with van der Waals surface area (Å²) in [6.07, 6.45) is 1.12. The molecule has 0 amide bonds. The number of benzene rings is 2. The molecule has 2 rings (SSSR count). The summed E-state index contributed by atoms with van der Waals surface area (Å²) in [5.74, 6) is 0. The molecule has 0 spiro atoms. The number of anilines is 1. The lowest BCUT2D eigenvalue weighted by Crippen LogP contribution is -2.12. The number of sulfone groups is 1. The molecule has 0 saturated carbocycles. The maximum absolute atomic E-state index is 14.2. The van der Waals surface area contributed by atoms with Gasteiger partial charge >= 0.3 is 0 Å². The van der Waals surface area contributed by atoms with Crippen LogP contribution in [-0.4, -0.2) is 14.7 Å². The topological polar surface area (TPSA) is 61.2 Å². The van der Waals surface area contributed by atoms with E-state index in [0.717, 1.165) is 6.26 Å². The van der Waals surface area contributed by atoms with Gasteiger partial charge in [-0.15, -0.1) is 0 Å². The third-order valence-electron chi connectivity index (χ3n) is 2.96. The number of nitrogens with zero attached hydrogens (tertiary/aromatic N) is 2. The zero-order valence-electron chi connectivity index (χ0n) is 11.3. The van der Waals surface area contributed by atoms with E-state index in [4.69, 9.17) is 5.26 Å². The van der Waals surface area contributed by atoms with Crippen molar-refractivity contribution in [3.05, 3.63) is 59.7 Å². The molecule has 0 aliphatic heterocycles. The molecule has 2 aromatic rings. The van der Waals surface area contributed by atoms with Crippen molar-refractivity contribution in [3.63, 3.8) is 0 Å². The molecule has 0 N–H and O–H groups in total. The van der Waals surface area contributed by atoms with Crippen molar-refractivity contribution < 1.29 is 12.9 Å². The van der Waals surface area contributed by atoms with Gasteiger partial charge < -0.3 is 0 Å². The van der Waals surface area contributed by atoms with Gasteiger partial charge in [0.25, 0.3) is 0 Å². The van der Waals surface area contributed by atoms with E-state index in [-0.39, 0.29) is 22.7 Å². The third-order valence-corrected chi connectivity index (χ3v) is 4.09. The molecule has 0 unspecified atom stereocenters. The second kappa shape index (κ2) is 5.94.